The first-order valence-corrected chi connectivity index (χ1v) is 8.88. The maximum Gasteiger partial charge on any atom is 0.257 e. The third kappa shape index (κ3) is 2.76. The van der Waals surface area contributed by atoms with Gasteiger partial charge in [-0.05, 0) is 42.7 Å². The van der Waals surface area contributed by atoms with Crippen molar-refractivity contribution in [3.8, 4) is 0 Å². The number of halogens is 1. The summed E-state index contributed by atoms with van der Waals surface area (Å²) in [5.74, 6) is -0.361. The Bertz CT molecular complexity index is 1040. The fourth-order valence-electron chi connectivity index (χ4n) is 3.40. The van der Waals surface area contributed by atoms with Gasteiger partial charge in [0.25, 0.3) is 5.91 Å². The minimum Gasteiger partial charge on any atom is -0.348 e. The Balaban J connectivity index is 1.75. The second kappa shape index (κ2) is 6.11. The molecular formula is C19H16BrN3O2. The molecule has 1 amide bonds. The smallest absolute Gasteiger partial charge is 0.257 e. The average molecular weight is 398 g/mol. The Morgan fingerprint density at radius 3 is 3.04 bits per heavy atom. The molecule has 1 N–H and O–H groups in total. The van der Waals surface area contributed by atoms with Gasteiger partial charge in [0.1, 0.15) is 5.56 Å². The van der Waals surface area contributed by atoms with E-state index in [1.165, 1.54) is 0 Å². The normalized spacial score (nSPS) is 15.5. The third-order valence-corrected chi connectivity index (χ3v) is 5.04. The molecule has 0 aliphatic carbocycles. The molecule has 1 atom stereocenters. The number of carbonyl (C=O) groups is 1. The molecule has 1 aromatic carbocycles. The highest BCUT2D eigenvalue weighted by molar-refractivity contribution is 9.10. The number of pyridine rings is 2. The quantitative estimate of drug-likeness (QED) is 0.737. The van der Waals surface area contributed by atoms with Gasteiger partial charge < -0.3 is 9.88 Å². The molecule has 4 rings (SSSR count). The van der Waals surface area contributed by atoms with Crippen molar-refractivity contribution >= 4 is 32.7 Å². The standard InChI is InChI=1S/C19H16BrN3O2/c1-11-5-13-6-14(20)7-15-17(13)23(11)10-16(18(15)24)19(25)22-9-12-3-2-4-21-8-12/h2-4,6-8,10-11H,5,9H2,1H3,(H,22,25)/t11-/m1/s1. The lowest BCUT2D eigenvalue weighted by Crippen LogP contribution is -2.29. The van der Waals surface area contributed by atoms with Crippen molar-refractivity contribution in [1.29, 1.82) is 0 Å². The zero-order valence-electron chi connectivity index (χ0n) is 13.6. The topological polar surface area (TPSA) is 64.0 Å². The van der Waals surface area contributed by atoms with E-state index in [4.69, 9.17) is 0 Å². The molecule has 0 fully saturated rings. The van der Waals surface area contributed by atoms with Crippen molar-refractivity contribution in [2.24, 2.45) is 0 Å². The van der Waals surface area contributed by atoms with Crippen molar-refractivity contribution in [3.05, 3.63) is 74.2 Å². The predicted octanol–water partition coefficient (Wildman–Crippen LogP) is 3.21. The summed E-state index contributed by atoms with van der Waals surface area (Å²) in [5.41, 5.74) is 2.90. The van der Waals surface area contributed by atoms with Crippen LogP contribution in [0.3, 0.4) is 0 Å². The van der Waals surface area contributed by atoms with Crippen LogP contribution in [0.1, 0.15) is 34.5 Å². The Kier molecular flexibility index (Phi) is 3.92. The highest BCUT2D eigenvalue weighted by atomic mass is 79.9. The molecule has 6 heteroatoms. The van der Waals surface area contributed by atoms with Gasteiger partial charge in [0.15, 0.2) is 0 Å². The summed E-state index contributed by atoms with van der Waals surface area (Å²) in [6.07, 6.45) is 5.92. The first-order valence-electron chi connectivity index (χ1n) is 8.09. The van der Waals surface area contributed by atoms with Gasteiger partial charge in [-0.2, -0.15) is 0 Å². The predicted molar refractivity (Wildman–Crippen MR) is 99.7 cm³/mol. The lowest BCUT2D eigenvalue weighted by Gasteiger charge is -2.13. The number of nitrogens with zero attached hydrogens (tertiary/aromatic N) is 2. The number of hydrogen-bond acceptors (Lipinski definition) is 3. The van der Waals surface area contributed by atoms with E-state index in [1.54, 1.807) is 24.7 Å². The number of rotatable bonds is 3. The highest BCUT2D eigenvalue weighted by Gasteiger charge is 2.25. The molecule has 126 valence electrons. The molecule has 2 aromatic heterocycles. The summed E-state index contributed by atoms with van der Waals surface area (Å²) in [6, 6.07) is 7.76. The Morgan fingerprint density at radius 2 is 2.28 bits per heavy atom. The summed E-state index contributed by atoms with van der Waals surface area (Å²) < 4.78 is 2.90. The molecule has 25 heavy (non-hydrogen) atoms. The van der Waals surface area contributed by atoms with E-state index >= 15 is 0 Å². The SMILES string of the molecule is C[C@@H]1Cc2cc(Br)cc3c(=O)c(C(=O)NCc4cccnc4)cn1c23. The van der Waals surface area contributed by atoms with E-state index < -0.39 is 0 Å². The summed E-state index contributed by atoms with van der Waals surface area (Å²) >= 11 is 3.47. The Hall–Kier alpha value is -2.47. The van der Waals surface area contributed by atoms with Crippen LogP contribution in [0.5, 0.6) is 0 Å². The van der Waals surface area contributed by atoms with Gasteiger partial charge in [0, 0.05) is 41.0 Å². The largest absolute Gasteiger partial charge is 0.348 e. The van der Waals surface area contributed by atoms with Crippen LogP contribution in [0.4, 0.5) is 0 Å². The number of nitrogens with one attached hydrogen (secondary N) is 1. The summed E-state index contributed by atoms with van der Waals surface area (Å²) in [5, 5.41) is 3.40. The molecule has 1 aliphatic heterocycles. The molecule has 3 heterocycles. The molecule has 0 unspecified atom stereocenters. The van der Waals surface area contributed by atoms with Crippen molar-refractivity contribution in [1.82, 2.24) is 14.9 Å². The zero-order valence-corrected chi connectivity index (χ0v) is 15.2. The van der Waals surface area contributed by atoms with Crippen LogP contribution in [-0.4, -0.2) is 15.5 Å². The molecule has 0 radical (unpaired) electrons. The molecule has 3 aromatic rings. The van der Waals surface area contributed by atoms with Crippen molar-refractivity contribution in [2.75, 3.05) is 0 Å². The molecule has 0 bridgehead atoms. The number of benzene rings is 1. The first-order chi connectivity index (χ1) is 12.0. The van der Waals surface area contributed by atoms with E-state index in [2.05, 4.69) is 33.2 Å². The van der Waals surface area contributed by atoms with Crippen LogP contribution >= 0.6 is 15.9 Å². The van der Waals surface area contributed by atoms with Crippen molar-refractivity contribution < 1.29 is 4.79 Å². The van der Waals surface area contributed by atoms with Gasteiger partial charge in [-0.3, -0.25) is 14.6 Å². The van der Waals surface area contributed by atoms with Crippen LogP contribution in [0.25, 0.3) is 10.9 Å². The van der Waals surface area contributed by atoms with E-state index in [0.717, 1.165) is 27.5 Å². The monoisotopic (exact) mass is 397 g/mol. The third-order valence-electron chi connectivity index (χ3n) is 4.58. The van der Waals surface area contributed by atoms with Crippen LogP contribution in [0.2, 0.25) is 0 Å². The Labute approximate surface area is 152 Å². The zero-order chi connectivity index (χ0) is 17.6. The minimum absolute atomic E-state index is 0.175. The molecule has 0 saturated heterocycles. The van der Waals surface area contributed by atoms with Crippen LogP contribution in [-0.2, 0) is 13.0 Å². The number of hydrogen-bond donors (Lipinski definition) is 1. The van der Waals surface area contributed by atoms with Gasteiger partial charge in [-0.25, -0.2) is 0 Å². The molecular weight excluding hydrogens is 382 g/mol. The lowest BCUT2D eigenvalue weighted by atomic mass is 10.1. The second-order valence-corrected chi connectivity index (χ2v) is 7.25. The molecule has 0 spiro atoms. The summed E-state index contributed by atoms with van der Waals surface area (Å²) in [7, 11) is 0. The Morgan fingerprint density at radius 1 is 1.44 bits per heavy atom. The van der Waals surface area contributed by atoms with Gasteiger partial charge in [-0.15, -0.1) is 0 Å². The van der Waals surface area contributed by atoms with E-state index in [9.17, 15) is 9.59 Å². The van der Waals surface area contributed by atoms with Crippen molar-refractivity contribution in [2.45, 2.75) is 25.9 Å². The summed E-state index contributed by atoms with van der Waals surface area (Å²) in [6.45, 7) is 2.43. The van der Waals surface area contributed by atoms with Crippen molar-refractivity contribution in [3.63, 3.8) is 0 Å². The average Bonchev–Trinajstić information content (AvgIpc) is 2.92. The van der Waals surface area contributed by atoms with E-state index in [-0.39, 0.29) is 22.9 Å². The summed E-state index contributed by atoms with van der Waals surface area (Å²) in [4.78, 5) is 29.5. The fourth-order valence-corrected chi connectivity index (χ4v) is 3.91. The number of aromatic nitrogens is 2. The van der Waals surface area contributed by atoms with Crippen LogP contribution in [0.15, 0.2) is 52.1 Å². The van der Waals surface area contributed by atoms with Gasteiger partial charge in [0.05, 0.1) is 5.52 Å². The van der Waals surface area contributed by atoms with Gasteiger partial charge in [0.2, 0.25) is 5.43 Å². The first kappa shape index (κ1) is 16.0. The second-order valence-electron chi connectivity index (χ2n) is 6.34. The van der Waals surface area contributed by atoms with E-state index in [0.29, 0.717) is 11.9 Å². The maximum atomic E-state index is 12.9. The minimum atomic E-state index is -0.361. The number of carbonyl (C=O) groups excluding carboxylic acids is 1. The molecule has 0 saturated carbocycles. The maximum absolute atomic E-state index is 12.9. The fraction of sp³-hybridized carbons (Fsp3) is 0.211. The molecule has 5 nitrogen and oxygen atoms in total. The van der Waals surface area contributed by atoms with E-state index in [1.807, 2.05) is 22.8 Å². The van der Waals surface area contributed by atoms with Crippen LogP contribution < -0.4 is 10.7 Å². The van der Waals surface area contributed by atoms with Gasteiger partial charge in [-0.1, -0.05) is 22.0 Å². The lowest BCUT2D eigenvalue weighted by molar-refractivity contribution is 0.0949. The number of amides is 1. The van der Waals surface area contributed by atoms with Crippen LogP contribution in [0, 0.1) is 0 Å². The highest BCUT2D eigenvalue weighted by Crippen LogP contribution is 2.33. The molecule has 1 aliphatic rings. The van der Waals surface area contributed by atoms with Gasteiger partial charge >= 0.3 is 0 Å².